The number of methoxy groups -OCH3 is 1. The predicted molar refractivity (Wildman–Crippen MR) is 186 cm³/mol. The number of aromatic nitrogens is 4. The number of anilines is 1. The van der Waals surface area contributed by atoms with Crippen molar-refractivity contribution in [2.75, 3.05) is 32.2 Å². The SMILES string of the molecule is COc1cccc2c1CCC2Nc1nccc2cc(-c3c(-c4nnc(C)o4)c(CCC4CCOCC4)nc4c3S(=O)(=O)N3CCCC43)sc12. The summed E-state index contributed by atoms with van der Waals surface area (Å²) in [5, 5.41) is 13.4. The number of hydrogen-bond donors (Lipinski definition) is 1. The summed E-state index contributed by atoms with van der Waals surface area (Å²) in [4.78, 5) is 11.1. The first kappa shape index (κ1) is 31.1. The average molecular weight is 699 g/mol. The van der Waals surface area contributed by atoms with Crippen LogP contribution in [0.5, 0.6) is 5.75 Å². The first-order valence-corrected chi connectivity index (χ1v) is 19.4. The summed E-state index contributed by atoms with van der Waals surface area (Å²) < 4.78 is 48.8. The fourth-order valence-electron chi connectivity index (χ4n) is 8.28. The average Bonchev–Trinajstić information content (AvgIpc) is 3.95. The molecule has 3 aliphatic heterocycles. The van der Waals surface area contributed by atoms with Gasteiger partial charge in [0.25, 0.3) is 0 Å². The van der Waals surface area contributed by atoms with E-state index in [0.29, 0.717) is 47.5 Å². The van der Waals surface area contributed by atoms with E-state index in [1.165, 1.54) is 11.1 Å². The van der Waals surface area contributed by atoms with Gasteiger partial charge in [-0.1, -0.05) is 12.1 Å². The smallest absolute Gasteiger partial charge is 0.250 e. The van der Waals surface area contributed by atoms with Gasteiger partial charge in [0.05, 0.1) is 40.8 Å². The fourth-order valence-corrected chi connectivity index (χ4v) is 11.6. The standard InChI is InChI=1S/C36H38N6O5S2/c1-20-40-41-36(47-20)30-26(10-8-21-13-17-46-18-14-21)38-32-27-6-4-16-42(27)49(43,44)34(32)31(30)29-19-22-12-15-37-35(33(22)48-29)39-25-11-9-24-23(25)5-3-7-28(24)45-2/h3,5,7,12,15,19,21,25,27H,4,6,8-11,13-14,16-18H2,1-2H3,(H,37,39). The Balaban J connectivity index is 1.21. The van der Waals surface area contributed by atoms with Crippen LogP contribution in [0.25, 0.3) is 32.0 Å². The molecule has 2 unspecified atom stereocenters. The van der Waals surface area contributed by atoms with Gasteiger partial charge in [-0.05, 0) is 92.0 Å². The third-order valence-electron chi connectivity index (χ3n) is 10.6. The quantitative estimate of drug-likeness (QED) is 0.180. The maximum atomic E-state index is 14.4. The molecular formula is C36H38N6O5S2. The number of nitrogens with zero attached hydrogens (tertiary/aromatic N) is 5. The van der Waals surface area contributed by atoms with Crippen LogP contribution in [0.1, 0.15) is 79.0 Å². The Morgan fingerprint density at radius 2 is 1.98 bits per heavy atom. The van der Waals surface area contributed by atoms with E-state index in [4.69, 9.17) is 23.9 Å². The largest absolute Gasteiger partial charge is 0.496 e. The summed E-state index contributed by atoms with van der Waals surface area (Å²) in [5.41, 5.74) is 5.16. The van der Waals surface area contributed by atoms with Crippen LogP contribution < -0.4 is 10.1 Å². The van der Waals surface area contributed by atoms with Gasteiger partial charge in [-0.2, -0.15) is 4.31 Å². The van der Waals surface area contributed by atoms with Gasteiger partial charge in [-0.3, -0.25) is 4.98 Å². The second-order valence-electron chi connectivity index (χ2n) is 13.5. The van der Waals surface area contributed by atoms with Crippen molar-refractivity contribution in [3.63, 3.8) is 0 Å². The second kappa shape index (κ2) is 12.1. The molecule has 0 radical (unpaired) electrons. The normalized spacial score (nSPS) is 21.6. The molecule has 0 bridgehead atoms. The topological polar surface area (TPSA) is 133 Å². The van der Waals surface area contributed by atoms with Gasteiger partial charge in [0.15, 0.2) is 0 Å². The van der Waals surface area contributed by atoms with Crippen LogP contribution in [0.15, 0.2) is 45.8 Å². The van der Waals surface area contributed by atoms with Crippen LogP contribution in [-0.4, -0.2) is 59.8 Å². The Labute approximate surface area is 289 Å². The minimum Gasteiger partial charge on any atom is -0.496 e. The van der Waals surface area contributed by atoms with Crippen molar-refractivity contribution in [2.24, 2.45) is 5.92 Å². The van der Waals surface area contributed by atoms with Crippen molar-refractivity contribution in [3.8, 4) is 27.6 Å². The van der Waals surface area contributed by atoms with Crippen LogP contribution in [0.2, 0.25) is 0 Å². The van der Waals surface area contributed by atoms with Crippen molar-refractivity contribution in [1.29, 1.82) is 0 Å². The molecule has 4 aromatic heterocycles. The lowest BCUT2D eigenvalue weighted by Crippen LogP contribution is -2.23. The van der Waals surface area contributed by atoms with E-state index in [2.05, 4.69) is 27.6 Å². The Morgan fingerprint density at radius 1 is 1.10 bits per heavy atom. The minimum atomic E-state index is -3.82. The minimum absolute atomic E-state index is 0.0835. The number of sulfonamides is 1. The molecule has 49 heavy (non-hydrogen) atoms. The molecule has 4 aliphatic rings. The Bertz CT molecular complexity index is 2190. The Kier molecular flexibility index (Phi) is 7.71. The molecule has 0 saturated carbocycles. The van der Waals surface area contributed by atoms with Gasteiger partial charge in [0.2, 0.25) is 21.8 Å². The van der Waals surface area contributed by atoms with Gasteiger partial charge in [-0.25, -0.2) is 13.4 Å². The van der Waals surface area contributed by atoms with E-state index >= 15 is 0 Å². The number of fused-ring (bicyclic) bond motifs is 5. The maximum Gasteiger partial charge on any atom is 0.250 e. The molecule has 0 amide bonds. The summed E-state index contributed by atoms with van der Waals surface area (Å²) in [5.74, 6) is 2.92. The molecule has 2 atom stereocenters. The highest BCUT2D eigenvalue weighted by Gasteiger charge is 2.49. The summed E-state index contributed by atoms with van der Waals surface area (Å²) in [6.07, 6.45) is 8.86. The molecule has 1 aromatic carbocycles. The van der Waals surface area contributed by atoms with E-state index in [1.807, 2.05) is 24.4 Å². The number of ether oxygens (including phenoxy) is 2. The number of nitrogens with one attached hydrogen (secondary N) is 1. The van der Waals surface area contributed by atoms with Crippen molar-refractivity contribution in [2.45, 2.75) is 75.3 Å². The number of thiophene rings is 1. The van der Waals surface area contributed by atoms with E-state index < -0.39 is 10.0 Å². The molecule has 1 aliphatic carbocycles. The third-order valence-corrected chi connectivity index (χ3v) is 13.8. The molecule has 254 valence electrons. The van der Waals surface area contributed by atoms with Crippen LogP contribution in [0.4, 0.5) is 5.82 Å². The highest BCUT2D eigenvalue weighted by Crippen LogP contribution is 2.53. The molecule has 7 heterocycles. The lowest BCUT2D eigenvalue weighted by Gasteiger charge is -2.22. The second-order valence-corrected chi connectivity index (χ2v) is 16.3. The summed E-state index contributed by atoms with van der Waals surface area (Å²) >= 11 is 1.55. The lowest BCUT2D eigenvalue weighted by molar-refractivity contribution is 0.0639. The van der Waals surface area contributed by atoms with E-state index in [9.17, 15) is 8.42 Å². The number of hydrogen-bond acceptors (Lipinski definition) is 11. The molecule has 2 saturated heterocycles. The van der Waals surface area contributed by atoms with E-state index in [0.717, 1.165) is 90.4 Å². The van der Waals surface area contributed by atoms with Gasteiger partial charge >= 0.3 is 0 Å². The highest BCUT2D eigenvalue weighted by molar-refractivity contribution is 7.89. The van der Waals surface area contributed by atoms with E-state index in [-0.39, 0.29) is 17.0 Å². The number of rotatable bonds is 8. The highest BCUT2D eigenvalue weighted by atomic mass is 32.2. The monoisotopic (exact) mass is 698 g/mol. The van der Waals surface area contributed by atoms with Crippen LogP contribution >= 0.6 is 11.3 Å². The third kappa shape index (κ3) is 5.16. The van der Waals surface area contributed by atoms with Crippen molar-refractivity contribution in [1.82, 2.24) is 24.5 Å². The lowest BCUT2D eigenvalue weighted by atomic mass is 9.91. The van der Waals surface area contributed by atoms with Gasteiger partial charge in [0, 0.05) is 43.3 Å². The number of benzene rings is 1. The Hall–Kier alpha value is -3.91. The van der Waals surface area contributed by atoms with Gasteiger partial charge < -0.3 is 19.2 Å². The molecule has 2 fully saturated rings. The maximum absolute atomic E-state index is 14.4. The van der Waals surface area contributed by atoms with Crippen LogP contribution in [-0.2, 0) is 27.6 Å². The number of pyridine rings is 2. The van der Waals surface area contributed by atoms with Gasteiger partial charge in [0.1, 0.15) is 16.5 Å². The van der Waals surface area contributed by atoms with Crippen molar-refractivity contribution in [3.05, 3.63) is 64.9 Å². The van der Waals surface area contributed by atoms with Crippen LogP contribution in [0, 0.1) is 12.8 Å². The molecule has 11 nitrogen and oxygen atoms in total. The van der Waals surface area contributed by atoms with Crippen LogP contribution in [0.3, 0.4) is 0 Å². The van der Waals surface area contributed by atoms with E-state index in [1.54, 1.807) is 29.7 Å². The molecule has 0 spiro atoms. The molecule has 5 aromatic rings. The number of aryl methyl sites for hydroxylation is 2. The molecule has 13 heteroatoms. The van der Waals surface area contributed by atoms with Gasteiger partial charge in [-0.15, -0.1) is 21.5 Å². The molecular weight excluding hydrogens is 661 g/mol. The first-order valence-electron chi connectivity index (χ1n) is 17.2. The first-order chi connectivity index (χ1) is 23.9. The fraction of sp³-hybridized carbons (Fsp3) is 0.444. The van der Waals surface area contributed by atoms with Crippen molar-refractivity contribution < 1.29 is 22.3 Å². The predicted octanol–water partition coefficient (Wildman–Crippen LogP) is 7.02. The summed E-state index contributed by atoms with van der Waals surface area (Å²) in [6, 6.07) is 10.1. The summed E-state index contributed by atoms with van der Waals surface area (Å²) in [6.45, 7) is 3.79. The van der Waals surface area contributed by atoms with Crippen molar-refractivity contribution >= 4 is 37.3 Å². The Morgan fingerprint density at radius 3 is 2.80 bits per heavy atom. The summed E-state index contributed by atoms with van der Waals surface area (Å²) in [7, 11) is -2.10. The zero-order chi connectivity index (χ0) is 33.3. The zero-order valence-corrected chi connectivity index (χ0v) is 29.2. The zero-order valence-electron chi connectivity index (χ0n) is 27.6. The molecule has 9 rings (SSSR count). The molecule has 1 N–H and O–H groups in total.